The Morgan fingerprint density at radius 3 is 2.83 bits per heavy atom. The van der Waals surface area contributed by atoms with Gasteiger partial charge in [0.05, 0.1) is 12.3 Å². The molecular weight excluding hydrogens is 307 g/mol. The average molecular weight is 319 g/mol. The maximum absolute atomic E-state index is 12.9. The molecule has 0 saturated carbocycles. The Balaban J connectivity index is 2.49. The zero-order valence-electron chi connectivity index (χ0n) is 9.63. The van der Waals surface area contributed by atoms with E-state index >= 15 is 0 Å². The van der Waals surface area contributed by atoms with Gasteiger partial charge in [0.15, 0.2) is 0 Å². The van der Waals surface area contributed by atoms with Crippen LogP contribution in [0, 0.1) is 5.82 Å². The topological polar surface area (TPSA) is 67.4 Å². The first-order valence-electron chi connectivity index (χ1n) is 5.18. The number of amides is 2. The van der Waals surface area contributed by atoms with E-state index in [2.05, 4.69) is 31.3 Å². The molecule has 2 amide bonds. The van der Waals surface area contributed by atoms with Crippen molar-refractivity contribution in [2.45, 2.75) is 6.92 Å². The molecule has 0 unspecified atom stereocenters. The highest BCUT2D eigenvalue weighted by atomic mass is 79.9. The number of ether oxygens (including phenoxy) is 1. The van der Waals surface area contributed by atoms with Gasteiger partial charge in [-0.2, -0.15) is 0 Å². The van der Waals surface area contributed by atoms with Gasteiger partial charge in [-0.25, -0.2) is 9.18 Å². The van der Waals surface area contributed by atoms with Crippen molar-refractivity contribution in [1.29, 1.82) is 0 Å². The number of hydrogen-bond donors (Lipinski definition) is 2. The van der Waals surface area contributed by atoms with Crippen molar-refractivity contribution in [3.05, 3.63) is 28.5 Å². The highest BCUT2D eigenvalue weighted by Gasteiger charge is 2.08. The number of urea groups is 1. The molecule has 2 N–H and O–H groups in total. The van der Waals surface area contributed by atoms with Crippen molar-refractivity contribution >= 4 is 33.6 Å². The minimum absolute atomic E-state index is 0.243. The molecule has 0 spiro atoms. The summed E-state index contributed by atoms with van der Waals surface area (Å²) in [6.45, 7) is 1.67. The highest BCUT2D eigenvalue weighted by molar-refractivity contribution is 9.10. The van der Waals surface area contributed by atoms with Crippen LogP contribution in [0.25, 0.3) is 0 Å². The van der Waals surface area contributed by atoms with Crippen molar-refractivity contribution in [3.8, 4) is 0 Å². The Hall–Kier alpha value is -1.63. The molecule has 1 aromatic rings. The van der Waals surface area contributed by atoms with Gasteiger partial charge in [0, 0.05) is 4.47 Å². The lowest BCUT2D eigenvalue weighted by Gasteiger charge is -2.08. The number of carbonyl (C=O) groups is 2. The van der Waals surface area contributed by atoms with Crippen LogP contribution in [0.2, 0.25) is 0 Å². The predicted molar refractivity (Wildman–Crippen MR) is 67.8 cm³/mol. The van der Waals surface area contributed by atoms with Crippen molar-refractivity contribution in [2.75, 3.05) is 18.5 Å². The summed E-state index contributed by atoms with van der Waals surface area (Å²) in [5.74, 6) is -1.01. The first kappa shape index (κ1) is 14.4. The summed E-state index contributed by atoms with van der Waals surface area (Å²) < 4.78 is 18.1. The van der Waals surface area contributed by atoms with Crippen LogP contribution in [0.5, 0.6) is 0 Å². The molecule has 0 atom stereocenters. The lowest BCUT2D eigenvalue weighted by molar-refractivity contribution is -0.141. The molecule has 0 bridgehead atoms. The van der Waals surface area contributed by atoms with Crippen LogP contribution in [0.15, 0.2) is 22.7 Å². The smallest absolute Gasteiger partial charge is 0.325 e. The fourth-order valence-electron chi connectivity index (χ4n) is 1.12. The molecule has 0 heterocycles. The number of carbonyl (C=O) groups excluding carboxylic acids is 2. The number of anilines is 1. The van der Waals surface area contributed by atoms with Gasteiger partial charge in [0.1, 0.15) is 12.4 Å². The summed E-state index contributed by atoms with van der Waals surface area (Å²) in [6, 6.07) is 3.27. The summed E-state index contributed by atoms with van der Waals surface area (Å²) in [4.78, 5) is 22.4. The molecule has 0 aliphatic rings. The van der Waals surface area contributed by atoms with Crippen molar-refractivity contribution in [3.63, 3.8) is 0 Å². The summed E-state index contributed by atoms with van der Waals surface area (Å²) in [7, 11) is 0. The standard InChI is InChI=1S/C11H12BrFN2O3/c1-2-18-10(16)6-14-11(17)15-9-5-7(13)3-4-8(9)12/h3-5H,2,6H2,1H3,(H2,14,15,17). The van der Waals surface area contributed by atoms with Crippen LogP contribution in [-0.2, 0) is 9.53 Å². The zero-order valence-corrected chi connectivity index (χ0v) is 11.2. The van der Waals surface area contributed by atoms with E-state index in [4.69, 9.17) is 0 Å². The van der Waals surface area contributed by atoms with Gasteiger partial charge in [0.2, 0.25) is 0 Å². The molecular formula is C11H12BrFN2O3. The van der Waals surface area contributed by atoms with E-state index in [0.717, 1.165) is 6.07 Å². The number of hydrogen-bond acceptors (Lipinski definition) is 3. The fraction of sp³-hybridized carbons (Fsp3) is 0.273. The van der Waals surface area contributed by atoms with Gasteiger partial charge < -0.3 is 15.4 Å². The third-order valence-electron chi connectivity index (χ3n) is 1.88. The molecule has 1 rings (SSSR count). The van der Waals surface area contributed by atoms with Crippen LogP contribution in [0.3, 0.4) is 0 Å². The molecule has 7 heteroatoms. The molecule has 0 aromatic heterocycles. The third-order valence-corrected chi connectivity index (χ3v) is 2.57. The number of esters is 1. The van der Waals surface area contributed by atoms with E-state index in [-0.39, 0.29) is 18.8 Å². The average Bonchev–Trinajstić information content (AvgIpc) is 2.32. The summed E-state index contributed by atoms with van der Waals surface area (Å²) in [5.41, 5.74) is 0.274. The second-order valence-corrected chi connectivity index (χ2v) is 4.09. The normalized spacial score (nSPS) is 9.72. The SMILES string of the molecule is CCOC(=O)CNC(=O)Nc1cc(F)ccc1Br. The number of halogens is 2. The van der Waals surface area contributed by atoms with E-state index in [0.29, 0.717) is 4.47 Å². The van der Waals surface area contributed by atoms with Gasteiger partial charge in [-0.05, 0) is 41.1 Å². The fourth-order valence-corrected chi connectivity index (χ4v) is 1.47. The first-order chi connectivity index (χ1) is 8.52. The van der Waals surface area contributed by atoms with Gasteiger partial charge >= 0.3 is 12.0 Å². The summed E-state index contributed by atoms with van der Waals surface area (Å²) in [5, 5.41) is 4.70. The monoisotopic (exact) mass is 318 g/mol. The summed E-state index contributed by atoms with van der Waals surface area (Å²) in [6.07, 6.45) is 0. The molecule has 0 fully saturated rings. The number of benzene rings is 1. The van der Waals surface area contributed by atoms with Crippen LogP contribution in [-0.4, -0.2) is 25.2 Å². The molecule has 0 saturated heterocycles. The van der Waals surface area contributed by atoms with E-state index in [1.165, 1.54) is 12.1 Å². The van der Waals surface area contributed by atoms with Gasteiger partial charge in [-0.1, -0.05) is 0 Å². The maximum atomic E-state index is 12.9. The van der Waals surface area contributed by atoms with Crippen molar-refractivity contribution in [1.82, 2.24) is 5.32 Å². The van der Waals surface area contributed by atoms with E-state index in [1.54, 1.807) is 6.92 Å². The quantitative estimate of drug-likeness (QED) is 0.837. The Kier molecular flexibility index (Phi) is 5.57. The van der Waals surface area contributed by atoms with Gasteiger partial charge in [-0.3, -0.25) is 4.79 Å². The van der Waals surface area contributed by atoms with Crippen molar-refractivity contribution < 1.29 is 18.7 Å². The number of nitrogens with one attached hydrogen (secondary N) is 2. The molecule has 18 heavy (non-hydrogen) atoms. The van der Waals surface area contributed by atoms with Gasteiger partial charge in [0.25, 0.3) is 0 Å². The summed E-state index contributed by atoms with van der Waals surface area (Å²) >= 11 is 3.16. The van der Waals surface area contributed by atoms with E-state index in [1.807, 2.05) is 0 Å². The molecule has 0 aliphatic heterocycles. The van der Waals surface area contributed by atoms with Crippen LogP contribution in [0.4, 0.5) is 14.9 Å². The minimum atomic E-state index is -0.616. The van der Waals surface area contributed by atoms with Gasteiger partial charge in [-0.15, -0.1) is 0 Å². The van der Waals surface area contributed by atoms with Crippen molar-refractivity contribution in [2.24, 2.45) is 0 Å². The molecule has 1 aromatic carbocycles. The second-order valence-electron chi connectivity index (χ2n) is 3.24. The Morgan fingerprint density at radius 2 is 2.17 bits per heavy atom. The molecule has 0 aliphatic carbocycles. The molecule has 0 radical (unpaired) electrons. The Bertz CT molecular complexity index is 454. The zero-order chi connectivity index (χ0) is 13.5. The third kappa shape index (κ3) is 4.70. The first-order valence-corrected chi connectivity index (χ1v) is 5.97. The minimum Gasteiger partial charge on any atom is -0.465 e. The highest BCUT2D eigenvalue weighted by Crippen LogP contribution is 2.22. The lowest BCUT2D eigenvalue weighted by Crippen LogP contribution is -2.34. The lowest BCUT2D eigenvalue weighted by atomic mass is 10.3. The second kappa shape index (κ2) is 6.95. The Labute approximate surface area is 112 Å². The van der Waals surface area contributed by atoms with Crippen LogP contribution >= 0.6 is 15.9 Å². The maximum Gasteiger partial charge on any atom is 0.325 e. The largest absolute Gasteiger partial charge is 0.465 e. The van der Waals surface area contributed by atoms with Crippen LogP contribution < -0.4 is 10.6 Å². The van der Waals surface area contributed by atoms with Crippen LogP contribution in [0.1, 0.15) is 6.92 Å². The molecule has 98 valence electrons. The predicted octanol–water partition coefficient (Wildman–Crippen LogP) is 2.27. The van der Waals surface area contributed by atoms with E-state index < -0.39 is 17.8 Å². The number of rotatable bonds is 4. The Morgan fingerprint density at radius 1 is 1.44 bits per heavy atom. The van der Waals surface area contributed by atoms with E-state index in [9.17, 15) is 14.0 Å². The molecule has 5 nitrogen and oxygen atoms in total.